The Labute approximate surface area is 160 Å². The molecule has 1 amide bonds. The minimum atomic E-state index is -4.51. The zero-order valence-electron chi connectivity index (χ0n) is 14.9. The predicted molar refractivity (Wildman–Crippen MR) is 99.3 cm³/mol. The molecule has 0 radical (unpaired) electrons. The van der Waals surface area contributed by atoms with Crippen LogP contribution in [0.25, 0.3) is 0 Å². The topological polar surface area (TPSA) is 47.6 Å². The van der Waals surface area contributed by atoms with Crippen LogP contribution in [0, 0.1) is 6.92 Å². The molecule has 0 unspecified atom stereocenters. The van der Waals surface area contributed by atoms with Gasteiger partial charge in [0.05, 0.1) is 23.6 Å². The first-order valence-corrected chi connectivity index (χ1v) is 9.11. The molecule has 0 heterocycles. The van der Waals surface area contributed by atoms with E-state index in [9.17, 15) is 18.0 Å². The molecule has 2 aromatic carbocycles. The van der Waals surface area contributed by atoms with Crippen LogP contribution < -0.4 is 10.1 Å². The fraction of sp³-hybridized carbons (Fsp3) is 0.316. The van der Waals surface area contributed by atoms with Crippen molar-refractivity contribution in [2.45, 2.75) is 18.0 Å². The third-order valence-corrected chi connectivity index (χ3v) is 4.75. The van der Waals surface area contributed by atoms with Gasteiger partial charge in [0.2, 0.25) is 5.91 Å². The van der Waals surface area contributed by atoms with Crippen molar-refractivity contribution in [3.63, 3.8) is 0 Å². The summed E-state index contributed by atoms with van der Waals surface area (Å²) in [5, 5.41) is 2.51. The molecule has 0 saturated carbocycles. The van der Waals surface area contributed by atoms with Gasteiger partial charge in [-0.25, -0.2) is 0 Å². The van der Waals surface area contributed by atoms with Gasteiger partial charge in [0.15, 0.2) is 0 Å². The van der Waals surface area contributed by atoms with E-state index in [0.717, 1.165) is 22.6 Å². The lowest BCUT2D eigenvalue weighted by molar-refractivity contribution is -0.137. The Morgan fingerprint density at radius 1 is 1.15 bits per heavy atom. The maximum Gasteiger partial charge on any atom is 0.416 e. The van der Waals surface area contributed by atoms with Crippen LogP contribution in [0.1, 0.15) is 11.1 Å². The number of benzene rings is 2. The molecule has 0 atom stereocenters. The van der Waals surface area contributed by atoms with E-state index in [1.807, 2.05) is 31.2 Å². The van der Waals surface area contributed by atoms with Gasteiger partial charge in [0, 0.05) is 12.0 Å². The number of alkyl halides is 3. The van der Waals surface area contributed by atoms with Crippen LogP contribution in [0.15, 0.2) is 47.4 Å². The van der Waals surface area contributed by atoms with E-state index in [2.05, 4.69) is 5.32 Å². The second-order valence-corrected chi connectivity index (χ2v) is 6.67. The maximum absolute atomic E-state index is 13.0. The molecule has 146 valence electrons. The van der Waals surface area contributed by atoms with Crippen molar-refractivity contribution in [1.82, 2.24) is 0 Å². The molecule has 0 fully saturated rings. The summed E-state index contributed by atoms with van der Waals surface area (Å²) in [6, 6.07) is 10.6. The molecule has 0 aliphatic rings. The number of methoxy groups -OCH3 is 1. The molecule has 0 spiro atoms. The average molecular weight is 399 g/mol. The average Bonchev–Trinajstić information content (AvgIpc) is 2.61. The van der Waals surface area contributed by atoms with E-state index in [4.69, 9.17) is 9.47 Å². The maximum atomic E-state index is 13.0. The van der Waals surface area contributed by atoms with Crippen molar-refractivity contribution in [3.8, 4) is 5.75 Å². The van der Waals surface area contributed by atoms with Gasteiger partial charge in [-0.2, -0.15) is 13.2 Å². The fourth-order valence-corrected chi connectivity index (χ4v) is 3.04. The second-order valence-electron chi connectivity index (χ2n) is 5.65. The van der Waals surface area contributed by atoms with Crippen LogP contribution in [0.2, 0.25) is 0 Å². The second kappa shape index (κ2) is 9.66. The lowest BCUT2D eigenvalue weighted by atomic mass is 10.1. The summed E-state index contributed by atoms with van der Waals surface area (Å²) >= 11 is 1.32. The minimum absolute atomic E-state index is 0.0173. The van der Waals surface area contributed by atoms with Crippen LogP contribution in [0.5, 0.6) is 5.75 Å². The molecular weight excluding hydrogens is 379 g/mol. The highest BCUT2D eigenvalue weighted by molar-refractivity contribution is 8.00. The number of halogens is 3. The largest absolute Gasteiger partial charge is 0.489 e. The zero-order chi connectivity index (χ0) is 19.9. The monoisotopic (exact) mass is 399 g/mol. The van der Waals surface area contributed by atoms with Crippen LogP contribution in [0.4, 0.5) is 18.9 Å². The number of carbonyl (C=O) groups is 1. The molecule has 0 aliphatic heterocycles. The Morgan fingerprint density at radius 2 is 1.89 bits per heavy atom. The van der Waals surface area contributed by atoms with Gasteiger partial charge in [-0.1, -0.05) is 18.2 Å². The summed E-state index contributed by atoms with van der Waals surface area (Å²) in [7, 11) is 1.49. The van der Waals surface area contributed by atoms with Gasteiger partial charge in [0.1, 0.15) is 12.4 Å². The number of nitrogens with one attached hydrogen (secondary N) is 1. The SMILES string of the molecule is COCCOc1ccc(C(F)(F)F)cc1NC(=O)CSc1ccccc1C. The van der Waals surface area contributed by atoms with Gasteiger partial charge in [-0.15, -0.1) is 11.8 Å². The molecule has 1 N–H and O–H groups in total. The highest BCUT2D eigenvalue weighted by atomic mass is 32.2. The van der Waals surface area contributed by atoms with Crippen molar-refractivity contribution >= 4 is 23.4 Å². The van der Waals surface area contributed by atoms with E-state index in [-0.39, 0.29) is 30.4 Å². The van der Waals surface area contributed by atoms with Gasteiger partial charge < -0.3 is 14.8 Å². The van der Waals surface area contributed by atoms with E-state index in [0.29, 0.717) is 0 Å². The van der Waals surface area contributed by atoms with Gasteiger partial charge in [0.25, 0.3) is 0 Å². The van der Waals surface area contributed by atoms with Crippen LogP contribution in [-0.2, 0) is 15.7 Å². The Kier molecular flexibility index (Phi) is 7.55. The van der Waals surface area contributed by atoms with E-state index < -0.39 is 17.6 Å². The molecule has 8 heteroatoms. The smallest absolute Gasteiger partial charge is 0.416 e. The van der Waals surface area contributed by atoms with Gasteiger partial charge in [-0.3, -0.25) is 4.79 Å². The quantitative estimate of drug-likeness (QED) is 0.513. The molecule has 4 nitrogen and oxygen atoms in total. The summed E-state index contributed by atoms with van der Waals surface area (Å²) in [6.45, 7) is 2.36. The van der Waals surface area contributed by atoms with Crippen LogP contribution >= 0.6 is 11.8 Å². The van der Waals surface area contributed by atoms with E-state index in [1.54, 1.807) is 0 Å². The summed E-state index contributed by atoms with van der Waals surface area (Å²) < 4.78 is 49.2. The first-order valence-electron chi connectivity index (χ1n) is 8.12. The Hall–Kier alpha value is -2.19. The minimum Gasteiger partial charge on any atom is -0.489 e. The third-order valence-electron chi connectivity index (χ3n) is 3.58. The fourth-order valence-electron chi connectivity index (χ4n) is 2.21. The molecule has 0 saturated heterocycles. The number of ether oxygens (including phenoxy) is 2. The van der Waals surface area contributed by atoms with Crippen molar-refractivity contribution in [2.75, 3.05) is 31.4 Å². The summed E-state index contributed by atoms with van der Waals surface area (Å²) in [5.74, 6) is -0.188. The standard InChI is InChI=1S/C19H20F3NO3S/c1-13-5-3-4-6-17(13)27-12-18(24)23-15-11-14(19(20,21)22)7-8-16(15)26-10-9-25-2/h3-8,11H,9-10,12H2,1-2H3,(H,23,24). The number of thioether (sulfide) groups is 1. The van der Waals surface area contributed by atoms with E-state index >= 15 is 0 Å². The summed E-state index contributed by atoms with van der Waals surface area (Å²) in [4.78, 5) is 13.2. The predicted octanol–water partition coefficient (Wildman–Crippen LogP) is 4.77. The van der Waals surface area contributed by atoms with Gasteiger partial charge >= 0.3 is 6.18 Å². The zero-order valence-corrected chi connectivity index (χ0v) is 15.7. The number of aryl methyl sites for hydroxylation is 1. The number of hydrogen-bond acceptors (Lipinski definition) is 4. The van der Waals surface area contributed by atoms with Crippen molar-refractivity contribution in [1.29, 1.82) is 0 Å². The molecule has 0 aromatic heterocycles. The molecule has 27 heavy (non-hydrogen) atoms. The van der Waals surface area contributed by atoms with Crippen LogP contribution in [-0.4, -0.2) is 32.0 Å². The van der Waals surface area contributed by atoms with Crippen molar-refractivity contribution in [3.05, 3.63) is 53.6 Å². The molecule has 2 rings (SSSR count). The number of carbonyl (C=O) groups excluding carboxylic acids is 1. The number of hydrogen-bond donors (Lipinski definition) is 1. The summed E-state index contributed by atoms with van der Waals surface area (Å²) in [6.07, 6.45) is -4.51. The molecule has 0 bridgehead atoms. The Bertz CT molecular complexity index is 781. The molecule has 0 aliphatic carbocycles. The molecule has 2 aromatic rings. The number of amides is 1. The number of anilines is 1. The highest BCUT2D eigenvalue weighted by Gasteiger charge is 2.31. The number of rotatable bonds is 8. The normalized spacial score (nSPS) is 11.3. The molecular formula is C19H20F3NO3S. The lowest BCUT2D eigenvalue weighted by Crippen LogP contribution is -2.17. The van der Waals surface area contributed by atoms with Crippen molar-refractivity contribution < 1.29 is 27.4 Å². The highest BCUT2D eigenvalue weighted by Crippen LogP contribution is 2.35. The van der Waals surface area contributed by atoms with E-state index in [1.165, 1.54) is 24.9 Å². The Morgan fingerprint density at radius 3 is 2.56 bits per heavy atom. The lowest BCUT2D eigenvalue weighted by Gasteiger charge is -2.15. The van der Waals surface area contributed by atoms with Crippen LogP contribution in [0.3, 0.4) is 0 Å². The first kappa shape index (κ1) is 21.1. The van der Waals surface area contributed by atoms with Crippen molar-refractivity contribution in [2.24, 2.45) is 0 Å². The Balaban J connectivity index is 2.11. The third kappa shape index (κ3) is 6.48. The first-order chi connectivity index (χ1) is 12.8. The van der Waals surface area contributed by atoms with Gasteiger partial charge in [-0.05, 0) is 36.8 Å². The summed E-state index contributed by atoms with van der Waals surface area (Å²) in [5.41, 5.74) is 0.151.